The zero-order valence-corrected chi connectivity index (χ0v) is 14.5. The third-order valence-corrected chi connectivity index (χ3v) is 4.36. The Bertz CT molecular complexity index is 464. The van der Waals surface area contributed by atoms with Crippen molar-refractivity contribution in [3.63, 3.8) is 0 Å². The predicted octanol–water partition coefficient (Wildman–Crippen LogP) is 4.25. The van der Waals surface area contributed by atoms with Crippen molar-refractivity contribution >= 4 is 17.4 Å². The summed E-state index contributed by atoms with van der Waals surface area (Å²) in [5, 5.41) is 4.23. The average molecular weight is 310 g/mol. The van der Waals surface area contributed by atoms with Gasteiger partial charge in [0.15, 0.2) is 0 Å². The molecule has 2 rings (SSSR count). The van der Waals surface area contributed by atoms with Crippen LogP contribution in [-0.2, 0) is 6.54 Å². The molecule has 1 aliphatic carbocycles. The van der Waals surface area contributed by atoms with Gasteiger partial charge in [-0.3, -0.25) is 0 Å². The summed E-state index contributed by atoms with van der Waals surface area (Å²) in [7, 11) is 0. The average Bonchev–Trinajstić information content (AvgIpc) is 2.36. The van der Waals surface area contributed by atoms with Gasteiger partial charge in [-0.05, 0) is 58.1 Å². The molecule has 0 aromatic carbocycles. The molecular formula is C17H28ClN3. The molecule has 0 radical (unpaired) electrons. The first kappa shape index (κ1) is 16.6. The largest absolute Gasteiger partial charge is 0.355 e. The second kappa shape index (κ2) is 6.97. The minimum absolute atomic E-state index is 0.102. The van der Waals surface area contributed by atoms with Crippen LogP contribution in [0, 0.1) is 5.92 Å². The highest BCUT2D eigenvalue weighted by Crippen LogP contribution is 2.31. The van der Waals surface area contributed by atoms with Crippen molar-refractivity contribution in [2.24, 2.45) is 5.92 Å². The highest BCUT2D eigenvalue weighted by molar-refractivity contribution is 6.33. The minimum Gasteiger partial charge on any atom is -0.355 e. The van der Waals surface area contributed by atoms with Crippen molar-refractivity contribution in [2.75, 3.05) is 18.0 Å². The zero-order valence-electron chi connectivity index (χ0n) is 13.7. The fourth-order valence-electron chi connectivity index (χ4n) is 2.52. The van der Waals surface area contributed by atoms with Crippen molar-refractivity contribution in [2.45, 2.75) is 59.0 Å². The molecule has 1 aliphatic rings. The molecule has 0 unspecified atom stereocenters. The van der Waals surface area contributed by atoms with E-state index in [4.69, 9.17) is 11.6 Å². The van der Waals surface area contributed by atoms with Gasteiger partial charge < -0.3 is 10.2 Å². The topological polar surface area (TPSA) is 28.2 Å². The van der Waals surface area contributed by atoms with E-state index in [1.165, 1.54) is 19.3 Å². The number of rotatable bonds is 6. The van der Waals surface area contributed by atoms with E-state index in [1.807, 2.05) is 12.3 Å². The van der Waals surface area contributed by atoms with Crippen molar-refractivity contribution in [3.05, 3.63) is 22.8 Å². The van der Waals surface area contributed by atoms with Crippen LogP contribution < -0.4 is 10.2 Å². The van der Waals surface area contributed by atoms with E-state index in [9.17, 15) is 0 Å². The Morgan fingerprint density at radius 1 is 1.38 bits per heavy atom. The van der Waals surface area contributed by atoms with Crippen LogP contribution >= 0.6 is 11.6 Å². The molecule has 1 heterocycles. The molecule has 3 nitrogen and oxygen atoms in total. The van der Waals surface area contributed by atoms with Gasteiger partial charge in [0, 0.05) is 31.4 Å². The van der Waals surface area contributed by atoms with E-state index < -0.39 is 0 Å². The SMILES string of the molecule is CCN(CC1CCC1)c1ncc(CNC(C)(C)C)cc1Cl. The van der Waals surface area contributed by atoms with Crippen molar-refractivity contribution in [3.8, 4) is 0 Å². The lowest BCUT2D eigenvalue weighted by atomic mass is 9.85. The predicted molar refractivity (Wildman–Crippen MR) is 91.1 cm³/mol. The summed E-state index contributed by atoms with van der Waals surface area (Å²) in [6.45, 7) is 11.5. The smallest absolute Gasteiger partial charge is 0.147 e. The van der Waals surface area contributed by atoms with Gasteiger partial charge in [-0.15, -0.1) is 0 Å². The van der Waals surface area contributed by atoms with Gasteiger partial charge in [0.2, 0.25) is 0 Å². The van der Waals surface area contributed by atoms with E-state index in [-0.39, 0.29) is 5.54 Å². The summed E-state index contributed by atoms with van der Waals surface area (Å²) in [6, 6.07) is 2.05. The van der Waals surface area contributed by atoms with Crippen LogP contribution in [0.4, 0.5) is 5.82 Å². The van der Waals surface area contributed by atoms with Crippen molar-refractivity contribution in [1.82, 2.24) is 10.3 Å². The van der Waals surface area contributed by atoms with E-state index in [2.05, 4.69) is 42.9 Å². The van der Waals surface area contributed by atoms with Gasteiger partial charge in [0.1, 0.15) is 5.82 Å². The summed E-state index contributed by atoms with van der Waals surface area (Å²) in [5.74, 6) is 1.76. The van der Waals surface area contributed by atoms with Crippen molar-refractivity contribution < 1.29 is 0 Å². The molecule has 21 heavy (non-hydrogen) atoms. The van der Waals surface area contributed by atoms with E-state index in [0.717, 1.165) is 42.0 Å². The molecule has 0 amide bonds. The summed E-state index contributed by atoms with van der Waals surface area (Å²) in [6.07, 6.45) is 6.02. The molecule has 4 heteroatoms. The van der Waals surface area contributed by atoms with Crippen LogP contribution in [0.3, 0.4) is 0 Å². The van der Waals surface area contributed by atoms with E-state index in [1.54, 1.807) is 0 Å². The minimum atomic E-state index is 0.102. The Morgan fingerprint density at radius 3 is 2.57 bits per heavy atom. The number of aromatic nitrogens is 1. The molecule has 1 N–H and O–H groups in total. The molecule has 1 aromatic rings. The Kier molecular flexibility index (Phi) is 5.50. The second-order valence-corrected chi connectivity index (χ2v) is 7.50. The lowest BCUT2D eigenvalue weighted by Gasteiger charge is -2.33. The molecule has 1 fully saturated rings. The number of hydrogen-bond acceptors (Lipinski definition) is 3. The van der Waals surface area contributed by atoms with Gasteiger partial charge in [-0.1, -0.05) is 18.0 Å². The molecule has 118 valence electrons. The Morgan fingerprint density at radius 2 is 2.10 bits per heavy atom. The molecule has 0 atom stereocenters. The van der Waals surface area contributed by atoms with Crippen LogP contribution in [-0.4, -0.2) is 23.6 Å². The normalized spacial score (nSPS) is 15.9. The Balaban J connectivity index is 2.02. The van der Waals surface area contributed by atoms with Crippen LogP contribution in [0.5, 0.6) is 0 Å². The molecule has 0 spiro atoms. The Hall–Kier alpha value is -0.800. The van der Waals surface area contributed by atoms with Crippen LogP contribution in [0.1, 0.15) is 52.5 Å². The molecule has 0 aliphatic heterocycles. The fraction of sp³-hybridized carbons (Fsp3) is 0.706. The molecular weight excluding hydrogens is 282 g/mol. The van der Waals surface area contributed by atoms with Crippen molar-refractivity contribution in [1.29, 1.82) is 0 Å². The number of pyridine rings is 1. The lowest BCUT2D eigenvalue weighted by molar-refractivity contribution is 0.318. The monoisotopic (exact) mass is 309 g/mol. The van der Waals surface area contributed by atoms with Gasteiger partial charge >= 0.3 is 0 Å². The highest BCUT2D eigenvalue weighted by Gasteiger charge is 2.22. The van der Waals surface area contributed by atoms with E-state index >= 15 is 0 Å². The molecule has 0 saturated heterocycles. The first-order valence-electron chi connectivity index (χ1n) is 8.03. The lowest BCUT2D eigenvalue weighted by Crippen LogP contribution is -2.35. The maximum absolute atomic E-state index is 6.47. The number of hydrogen-bond donors (Lipinski definition) is 1. The molecule has 0 bridgehead atoms. The summed E-state index contributed by atoms with van der Waals surface area (Å²) < 4.78 is 0. The quantitative estimate of drug-likeness (QED) is 0.851. The summed E-state index contributed by atoms with van der Waals surface area (Å²) >= 11 is 6.47. The van der Waals surface area contributed by atoms with E-state index in [0.29, 0.717) is 0 Å². The first-order chi connectivity index (χ1) is 9.89. The molecule has 1 saturated carbocycles. The number of nitrogens with one attached hydrogen (secondary N) is 1. The number of halogens is 1. The maximum Gasteiger partial charge on any atom is 0.147 e. The maximum atomic E-state index is 6.47. The van der Waals surface area contributed by atoms with Crippen LogP contribution in [0.2, 0.25) is 5.02 Å². The van der Waals surface area contributed by atoms with Crippen LogP contribution in [0.25, 0.3) is 0 Å². The number of anilines is 1. The second-order valence-electron chi connectivity index (χ2n) is 7.09. The first-order valence-corrected chi connectivity index (χ1v) is 8.41. The molecule has 1 aromatic heterocycles. The number of nitrogens with zero attached hydrogens (tertiary/aromatic N) is 2. The third kappa shape index (κ3) is 4.86. The summed E-state index contributed by atoms with van der Waals surface area (Å²) in [5.41, 5.74) is 1.24. The zero-order chi connectivity index (χ0) is 15.5. The fourth-order valence-corrected chi connectivity index (χ4v) is 2.83. The third-order valence-electron chi connectivity index (χ3n) is 4.09. The Labute approximate surface area is 134 Å². The van der Waals surface area contributed by atoms with Gasteiger partial charge in [-0.2, -0.15) is 0 Å². The summed E-state index contributed by atoms with van der Waals surface area (Å²) in [4.78, 5) is 6.93. The van der Waals surface area contributed by atoms with Gasteiger partial charge in [0.25, 0.3) is 0 Å². The standard InChI is InChI=1S/C17H28ClN3/c1-5-21(12-13-7-6-8-13)16-15(18)9-14(10-19-16)11-20-17(2,3)4/h9-10,13,20H,5-8,11-12H2,1-4H3. The van der Waals surface area contributed by atoms with Gasteiger partial charge in [-0.25, -0.2) is 4.98 Å². The van der Waals surface area contributed by atoms with Crippen LogP contribution in [0.15, 0.2) is 12.3 Å². The highest BCUT2D eigenvalue weighted by atomic mass is 35.5. The van der Waals surface area contributed by atoms with Gasteiger partial charge in [0.05, 0.1) is 5.02 Å².